The summed E-state index contributed by atoms with van der Waals surface area (Å²) in [6.07, 6.45) is 0.653. The van der Waals surface area contributed by atoms with E-state index in [9.17, 15) is 18.5 Å². The number of nitrogens with one attached hydrogen (secondary N) is 1. The Hall–Kier alpha value is -1.71. The van der Waals surface area contributed by atoms with Gasteiger partial charge in [-0.15, -0.1) is 0 Å². The van der Waals surface area contributed by atoms with E-state index in [0.717, 1.165) is 10.4 Å². The summed E-state index contributed by atoms with van der Waals surface area (Å²) in [6.45, 7) is 2.18. The van der Waals surface area contributed by atoms with E-state index in [-0.39, 0.29) is 16.3 Å². The minimum atomic E-state index is -3.72. The van der Waals surface area contributed by atoms with Gasteiger partial charge in [0.15, 0.2) is 0 Å². The summed E-state index contributed by atoms with van der Waals surface area (Å²) in [4.78, 5) is 10.0. The maximum Gasteiger partial charge on any atom is 0.294 e. The lowest BCUT2D eigenvalue weighted by Gasteiger charge is -2.16. The van der Waals surface area contributed by atoms with Crippen LogP contribution in [0.25, 0.3) is 0 Å². The van der Waals surface area contributed by atoms with Crippen LogP contribution < -0.4 is 11.3 Å². The normalized spacial score (nSPS) is 11.6. The number of nitrogen functional groups attached to an aromatic ring is 1. The Bertz CT molecular complexity index is 573. The van der Waals surface area contributed by atoms with Gasteiger partial charge in [0.1, 0.15) is 5.69 Å². The molecule has 0 bridgehead atoms. The van der Waals surface area contributed by atoms with Gasteiger partial charge < -0.3 is 5.43 Å². The molecule has 1 aromatic rings. The molecule has 8 nitrogen and oxygen atoms in total. The molecule has 0 atom stereocenters. The first-order valence-corrected chi connectivity index (χ1v) is 7.00. The molecule has 0 spiro atoms. The predicted octanol–water partition coefficient (Wildman–Crippen LogP) is 0.911. The van der Waals surface area contributed by atoms with Gasteiger partial charge in [0.2, 0.25) is 10.0 Å². The number of hydrogen-bond acceptors (Lipinski definition) is 6. The Morgan fingerprint density at radius 3 is 2.58 bits per heavy atom. The molecule has 0 aromatic heterocycles. The lowest BCUT2D eigenvalue weighted by atomic mass is 10.3. The smallest absolute Gasteiger partial charge is 0.294 e. The Morgan fingerprint density at radius 2 is 2.11 bits per heavy atom. The van der Waals surface area contributed by atoms with Crippen molar-refractivity contribution in [1.82, 2.24) is 4.31 Å². The first kappa shape index (κ1) is 15.3. The van der Waals surface area contributed by atoms with Crippen LogP contribution in [0.5, 0.6) is 0 Å². The number of nitro groups is 1. The summed E-state index contributed by atoms with van der Waals surface area (Å²) >= 11 is 0. The molecule has 0 heterocycles. The Kier molecular flexibility index (Phi) is 4.81. The molecule has 0 saturated carbocycles. The first-order valence-electron chi connectivity index (χ1n) is 5.56. The summed E-state index contributed by atoms with van der Waals surface area (Å²) in [5.74, 6) is 5.14. The summed E-state index contributed by atoms with van der Waals surface area (Å²) < 4.78 is 25.5. The molecule has 3 N–H and O–H groups in total. The van der Waals surface area contributed by atoms with Crippen LogP contribution in [0.15, 0.2) is 23.1 Å². The number of benzene rings is 1. The molecule has 1 aromatic carbocycles. The highest BCUT2D eigenvalue weighted by Crippen LogP contribution is 2.27. The summed E-state index contributed by atoms with van der Waals surface area (Å²) in [5.41, 5.74) is 1.84. The van der Waals surface area contributed by atoms with E-state index in [1.54, 1.807) is 0 Å². The van der Waals surface area contributed by atoms with Crippen molar-refractivity contribution in [2.75, 3.05) is 19.0 Å². The van der Waals surface area contributed by atoms with Gasteiger partial charge in [-0.1, -0.05) is 6.92 Å². The van der Waals surface area contributed by atoms with Crippen LogP contribution in [-0.2, 0) is 10.0 Å². The molecule has 1 rings (SSSR count). The highest BCUT2D eigenvalue weighted by Gasteiger charge is 2.24. The largest absolute Gasteiger partial charge is 0.318 e. The van der Waals surface area contributed by atoms with E-state index in [2.05, 4.69) is 5.43 Å². The molecule has 0 amide bonds. The molecule has 0 unspecified atom stereocenters. The molecule has 0 aliphatic heterocycles. The highest BCUT2D eigenvalue weighted by atomic mass is 32.2. The van der Waals surface area contributed by atoms with Crippen LogP contribution in [0.2, 0.25) is 0 Å². The van der Waals surface area contributed by atoms with Crippen LogP contribution in [0.3, 0.4) is 0 Å². The SMILES string of the molecule is CCCN(C)S(=O)(=O)c1ccc(NN)c([N+](=O)[O-])c1. The summed E-state index contributed by atoms with van der Waals surface area (Å²) in [7, 11) is -2.29. The average molecular weight is 288 g/mol. The second-order valence-electron chi connectivity index (χ2n) is 3.91. The zero-order valence-corrected chi connectivity index (χ0v) is 11.5. The van der Waals surface area contributed by atoms with Crippen molar-refractivity contribution in [3.8, 4) is 0 Å². The van der Waals surface area contributed by atoms with E-state index >= 15 is 0 Å². The minimum absolute atomic E-state index is 0.0575. The van der Waals surface area contributed by atoms with E-state index in [0.29, 0.717) is 13.0 Å². The van der Waals surface area contributed by atoms with E-state index < -0.39 is 14.9 Å². The third-order valence-corrected chi connectivity index (χ3v) is 4.42. The van der Waals surface area contributed by atoms with Gasteiger partial charge in [0, 0.05) is 19.7 Å². The van der Waals surface area contributed by atoms with Gasteiger partial charge >= 0.3 is 0 Å². The highest BCUT2D eigenvalue weighted by molar-refractivity contribution is 7.89. The molecule has 0 aliphatic rings. The lowest BCUT2D eigenvalue weighted by molar-refractivity contribution is -0.384. The Labute approximate surface area is 111 Å². The third kappa shape index (κ3) is 3.19. The van der Waals surface area contributed by atoms with Crippen molar-refractivity contribution in [1.29, 1.82) is 0 Å². The van der Waals surface area contributed by atoms with Crippen LogP contribution in [0.1, 0.15) is 13.3 Å². The van der Waals surface area contributed by atoms with Crippen LogP contribution in [0, 0.1) is 10.1 Å². The van der Waals surface area contributed by atoms with Crippen LogP contribution >= 0.6 is 0 Å². The number of nitro benzene ring substituents is 1. The molecule has 0 fully saturated rings. The van der Waals surface area contributed by atoms with Gasteiger partial charge in [0.05, 0.1) is 9.82 Å². The minimum Gasteiger partial charge on any atom is -0.318 e. The topological polar surface area (TPSA) is 119 Å². The molecule has 19 heavy (non-hydrogen) atoms. The lowest BCUT2D eigenvalue weighted by Crippen LogP contribution is -2.27. The molecule has 9 heteroatoms. The van der Waals surface area contributed by atoms with Crippen molar-refractivity contribution in [2.24, 2.45) is 5.84 Å². The number of hydrogen-bond donors (Lipinski definition) is 2. The maximum absolute atomic E-state index is 12.1. The second kappa shape index (κ2) is 5.95. The fourth-order valence-electron chi connectivity index (χ4n) is 1.56. The fourth-order valence-corrected chi connectivity index (χ4v) is 2.84. The zero-order valence-electron chi connectivity index (χ0n) is 10.7. The molecule has 0 saturated heterocycles. The summed E-state index contributed by atoms with van der Waals surface area (Å²) in [5, 5.41) is 10.9. The summed E-state index contributed by atoms with van der Waals surface area (Å²) in [6, 6.07) is 3.55. The number of nitrogens with two attached hydrogens (primary N) is 1. The van der Waals surface area contributed by atoms with Gasteiger partial charge in [-0.25, -0.2) is 12.7 Å². The van der Waals surface area contributed by atoms with Crippen molar-refractivity contribution >= 4 is 21.4 Å². The number of hydrazine groups is 1. The van der Waals surface area contributed by atoms with E-state index in [1.165, 1.54) is 19.2 Å². The van der Waals surface area contributed by atoms with E-state index in [1.807, 2.05) is 6.92 Å². The van der Waals surface area contributed by atoms with Gasteiger partial charge in [-0.3, -0.25) is 16.0 Å². The number of nitrogens with zero attached hydrogens (tertiary/aromatic N) is 2. The third-order valence-electron chi connectivity index (χ3n) is 2.57. The molecule has 106 valence electrons. The van der Waals surface area contributed by atoms with Gasteiger partial charge in [-0.05, 0) is 18.6 Å². The standard InChI is InChI=1S/C10H16N4O4S/c1-3-6-13(2)19(17,18)8-4-5-9(12-11)10(7-8)14(15)16/h4-5,7,12H,3,6,11H2,1-2H3. The Balaban J connectivity index is 3.29. The number of anilines is 1. The molecule has 0 radical (unpaired) electrons. The van der Waals surface area contributed by atoms with Crippen molar-refractivity contribution in [2.45, 2.75) is 18.2 Å². The molecule has 0 aliphatic carbocycles. The monoisotopic (exact) mass is 288 g/mol. The zero-order chi connectivity index (χ0) is 14.6. The van der Waals surface area contributed by atoms with Gasteiger partial charge in [-0.2, -0.15) is 0 Å². The van der Waals surface area contributed by atoms with E-state index in [4.69, 9.17) is 5.84 Å². The predicted molar refractivity (Wildman–Crippen MR) is 71.0 cm³/mol. The Morgan fingerprint density at radius 1 is 1.47 bits per heavy atom. The van der Waals surface area contributed by atoms with Crippen molar-refractivity contribution in [3.63, 3.8) is 0 Å². The molecular formula is C10H16N4O4S. The fraction of sp³-hybridized carbons (Fsp3) is 0.400. The first-order chi connectivity index (χ1) is 8.84. The quantitative estimate of drug-likeness (QED) is 0.456. The van der Waals surface area contributed by atoms with Gasteiger partial charge in [0.25, 0.3) is 5.69 Å². The van der Waals surface area contributed by atoms with Crippen LogP contribution in [0.4, 0.5) is 11.4 Å². The van der Waals surface area contributed by atoms with Crippen LogP contribution in [-0.4, -0.2) is 31.2 Å². The number of rotatable bonds is 6. The maximum atomic E-state index is 12.1. The number of sulfonamides is 1. The molecular weight excluding hydrogens is 272 g/mol. The van der Waals surface area contributed by atoms with Crippen molar-refractivity contribution in [3.05, 3.63) is 28.3 Å². The van der Waals surface area contributed by atoms with Crippen molar-refractivity contribution < 1.29 is 13.3 Å². The second-order valence-corrected chi connectivity index (χ2v) is 5.95. The average Bonchev–Trinajstić information content (AvgIpc) is 2.38.